The third-order valence-electron chi connectivity index (χ3n) is 4.42. The number of hydrogen-bond donors (Lipinski definition) is 0. The van der Waals surface area contributed by atoms with Crippen LogP contribution in [0.4, 0.5) is 0 Å². The predicted octanol–water partition coefficient (Wildman–Crippen LogP) is 3.41. The van der Waals surface area contributed by atoms with E-state index in [-0.39, 0.29) is 11.8 Å². The maximum absolute atomic E-state index is 12.3. The highest BCUT2D eigenvalue weighted by Gasteiger charge is 2.27. The molecule has 0 aliphatic carbocycles. The normalized spacial score (nSPS) is 20.5. The van der Waals surface area contributed by atoms with Crippen LogP contribution < -0.4 is 0 Å². The molecular weight excluding hydrogens is 358 g/mol. The van der Waals surface area contributed by atoms with Crippen LogP contribution >= 0.6 is 11.6 Å². The van der Waals surface area contributed by atoms with E-state index < -0.39 is 12.6 Å². The van der Waals surface area contributed by atoms with Gasteiger partial charge in [0.2, 0.25) is 5.91 Å². The van der Waals surface area contributed by atoms with Gasteiger partial charge in [-0.2, -0.15) is 0 Å². The Hall–Kier alpha value is -0.400. The fraction of sp³-hybridized carbons (Fsp3) is 0.947. The highest BCUT2D eigenvalue weighted by molar-refractivity contribution is 6.27. The van der Waals surface area contributed by atoms with Crippen molar-refractivity contribution in [1.82, 2.24) is 4.90 Å². The summed E-state index contributed by atoms with van der Waals surface area (Å²) in [5.74, 6) is 0.173. The molecule has 0 N–H and O–H groups in total. The average molecular weight is 394 g/mol. The molecule has 0 aromatic heterocycles. The van der Waals surface area contributed by atoms with E-state index in [1.807, 2.05) is 0 Å². The lowest BCUT2D eigenvalue weighted by Crippen LogP contribution is -2.47. The van der Waals surface area contributed by atoms with Gasteiger partial charge in [0.05, 0.1) is 26.3 Å². The summed E-state index contributed by atoms with van der Waals surface area (Å²) in [6.45, 7) is 9.57. The Labute approximate surface area is 163 Å². The first-order chi connectivity index (χ1) is 12.6. The summed E-state index contributed by atoms with van der Waals surface area (Å²) in [6, 6.07) is 0. The Kier molecular flexibility index (Phi) is 13.3. The second-order valence-electron chi connectivity index (χ2n) is 6.68. The highest BCUT2D eigenvalue weighted by Crippen LogP contribution is 2.16. The molecule has 1 saturated heterocycles. The Bertz CT molecular complexity index is 354. The standard InChI is InChI=1S/C19H36ClNO5/c1-4-7-9-23-18(24-10-8-5-2)12-21(17(22)11-20)13-19-25-14-16(6-3)15-26-19/h16,18-19H,4-15H2,1-3H3. The van der Waals surface area contributed by atoms with Gasteiger partial charge < -0.3 is 23.8 Å². The molecule has 0 aromatic carbocycles. The molecule has 0 spiro atoms. The number of amides is 1. The van der Waals surface area contributed by atoms with E-state index in [1.54, 1.807) is 4.90 Å². The molecule has 1 aliphatic rings. The molecule has 154 valence electrons. The van der Waals surface area contributed by atoms with Crippen molar-refractivity contribution in [1.29, 1.82) is 0 Å². The summed E-state index contributed by atoms with van der Waals surface area (Å²) in [5.41, 5.74) is 0. The van der Waals surface area contributed by atoms with Gasteiger partial charge in [-0.25, -0.2) is 0 Å². The highest BCUT2D eigenvalue weighted by atomic mass is 35.5. The molecule has 6 nitrogen and oxygen atoms in total. The van der Waals surface area contributed by atoms with E-state index in [4.69, 9.17) is 30.5 Å². The predicted molar refractivity (Wildman–Crippen MR) is 102 cm³/mol. The van der Waals surface area contributed by atoms with Crippen molar-refractivity contribution >= 4 is 17.5 Å². The van der Waals surface area contributed by atoms with Crippen LogP contribution in [-0.4, -0.2) is 68.8 Å². The first-order valence-corrected chi connectivity index (χ1v) is 10.5. The Balaban J connectivity index is 2.58. The molecule has 1 amide bonds. The number of unbranched alkanes of at least 4 members (excludes halogenated alkanes) is 2. The van der Waals surface area contributed by atoms with E-state index in [9.17, 15) is 4.79 Å². The molecule has 0 atom stereocenters. The summed E-state index contributed by atoms with van der Waals surface area (Å²) < 4.78 is 23.2. The van der Waals surface area contributed by atoms with Crippen molar-refractivity contribution in [3.8, 4) is 0 Å². The average Bonchev–Trinajstić information content (AvgIpc) is 2.67. The summed E-state index contributed by atoms with van der Waals surface area (Å²) in [7, 11) is 0. The number of carbonyl (C=O) groups excluding carboxylic acids is 1. The maximum Gasteiger partial charge on any atom is 0.237 e. The van der Waals surface area contributed by atoms with Crippen LogP contribution in [0.2, 0.25) is 0 Å². The monoisotopic (exact) mass is 393 g/mol. The summed E-state index contributed by atoms with van der Waals surface area (Å²) in [6.07, 6.45) is 4.18. The third kappa shape index (κ3) is 9.51. The molecule has 1 rings (SSSR count). The van der Waals surface area contributed by atoms with Crippen LogP contribution in [0.15, 0.2) is 0 Å². The lowest BCUT2D eigenvalue weighted by atomic mass is 10.1. The number of nitrogens with zero attached hydrogens (tertiary/aromatic N) is 1. The fourth-order valence-corrected chi connectivity index (χ4v) is 2.69. The number of rotatable bonds is 14. The number of alkyl halides is 1. The second-order valence-corrected chi connectivity index (χ2v) is 6.95. The third-order valence-corrected chi connectivity index (χ3v) is 4.65. The van der Waals surface area contributed by atoms with Gasteiger partial charge in [-0.3, -0.25) is 4.79 Å². The zero-order valence-electron chi connectivity index (χ0n) is 16.6. The van der Waals surface area contributed by atoms with Crippen molar-refractivity contribution in [3.05, 3.63) is 0 Å². The largest absolute Gasteiger partial charge is 0.351 e. The van der Waals surface area contributed by atoms with E-state index in [0.717, 1.165) is 32.1 Å². The van der Waals surface area contributed by atoms with Crippen LogP contribution in [0.3, 0.4) is 0 Å². The SMILES string of the molecule is CCCCOC(CN(CC1OCC(CC)CO1)C(=O)CCl)OCCCC. The minimum absolute atomic E-state index is 0.0824. The molecular formula is C19H36ClNO5. The lowest BCUT2D eigenvalue weighted by molar-refractivity contribution is -0.214. The van der Waals surface area contributed by atoms with Crippen molar-refractivity contribution < 1.29 is 23.7 Å². The Morgan fingerprint density at radius 3 is 2.15 bits per heavy atom. The summed E-state index contributed by atoms with van der Waals surface area (Å²) in [4.78, 5) is 13.9. The molecule has 0 saturated carbocycles. The van der Waals surface area contributed by atoms with Crippen LogP contribution in [0.25, 0.3) is 0 Å². The fourth-order valence-electron chi connectivity index (χ4n) is 2.52. The van der Waals surface area contributed by atoms with Crippen LogP contribution in [0.1, 0.15) is 52.9 Å². The van der Waals surface area contributed by atoms with Crippen LogP contribution in [-0.2, 0) is 23.7 Å². The zero-order chi connectivity index (χ0) is 19.2. The molecule has 1 aliphatic heterocycles. The first kappa shape index (κ1) is 23.6. The molecule has 7 heteroatoms. The summed E-state index contributed by atoms with van der Waals surface area (Å²) in [5, 5.41) is 0. The number of halogens is 1. The minimum atomic E-state index is -0.452. The van der Waals surface area contributed by atoms with E-state index >= 15 is 0 Å². The van der Waals surface area contributed by atoms with E-state index in [2.05, 4.69) is 20.8 Å². The van der Waals surface area contributed by atoms with Gasteiger partial charge in [-0.1, -0.05) is 33.6 Å². The van der Waals surface area contributed by atoms with E-state index in [0.29, 0.717) is 45.4 Å². The second kappa shape index (κ2) is 14.6. The topological polar surface area (TPSA) is 57.2 Å². The van der Waals surface area contributed by atoms with Crippen molar-refractivity contribution in [2.45, 2.75) is 65.5 Å². The van der Waals surface area contributed by atoms with Crippen LogP contribution in [0.5, 0.6) is 0 Å². The number of ether oxygens (including phenoxy) is 4. The molecule has 1 heterocycles. The smallest absolute Gasteiger partial charge is 0.237 e. The van der Waals surface area contributed by atoms with Crippen molar-refractivity contribution in [2.75, 3.05) is 45.4 Å². The van der Waals surface area contributed by atoms with Gasteiger partial charge >= 0.3 is 0 Å². The number of hydrogen-bond acceptors (Lipinski definition) is 5. The molecule has 0 unspecified atom stereocenters. The van der Waals surface area contributed by atoms with Gasteiger partial charge in [0, 0.05) is 19.1 Å². The first-order valence-electron chi connectivity index (χ1n) is 9.94. The van der Waals surface area contributed by atoms with Crippen LogP contribution in [0, 0.1) is 5.92 Å². The number of carbonyl (C=O) groups is 1. The van der Waals surface area contributed by atoms with E-state index in [1.165, 1.54) is 0 Å². The molecule has 26 heavy (non-hydrogen) atoms. The zero-order valence-corrected chi connectivity index (χ0v) is 17.3. The van der Waals surface area contributed by atoms with Gasteiger partial charge in [0.25, 0.3) is 0 Å². The Morgan fingerprint density at radius 1 is 1.12 bits per heavy atom. The van der Waals surface area contributed by atoms with Gasteiger partial charge in [-0.15, -0.1) is 11.6 Å². The Morgan fingerprint density at radius 2 is 1.69 bits per heavy atom. The van der Waals surface area contributed by atoms with Gasteiger partial charge in [0.15, 0.2) is 12.6 Å². The maximum atomic E-state index is 12.3. The summed E-state index contributed by atoms with van der Waals surface area (Å²) >= 11 is 5.79. The van der Waals surface area contributed by atoms with Gasteiger partial charge in [-0.05, 0) is 19.3 Å². The molecule has 1 fully saturated rings. The van der Waals surface area contributed by atoms with Crippen molar-refractivity contribution in [2.24, 2.45) is 5.92 Å². The lowest BCUT2D eigenvalue weighted by Gasteiger charge is -2.34. The molecule has 0 bridgehead atoms. The molecule has 0 radical (unpaired) electrons. The van der Waals surface area contributed by atoms with Gasteiger partial charge in [0.1, 0.15) is 5.88 Å². The molecule has 0 aromatic rings. The van der Waals surface area contributed by atoms with Crippen molar-refractivity contribution in [3.63, 3.8) is 0 Å². The minimum Gasteiger partial charge on any atom is -0.351 e. The quantitative estimate of drug-likeness (QED) is 0.257.